The molecule has 0 bridgehead atoms. The van der Waals surface area contributed by atoms with E-state index in [2.05, 4.69) is 0 Å². The van der Waals surface area contributed by atoms with Crippen molar-refractivity contribution in [2.75, 3.05) is 0 Å². The molecule has 0 radical (unpaired) electrons. The summed E-state index contributed by atoms with van der Waals surface area (Å²) in [6.45, 7) is 0. The summed E-state index contributed by atoms with van der Waals surface area (Å²) in [5, 5.41) is 0.0648. The quantitative estimate of drug-likeness (QED) is 0.376. The average molecular weight is 182 g/mol. The Bertz CT molecular complexity index is 261. The number of rotatable bonds is 1. The summed E-state index contributed by atoms with van der Waals surface area (Å²) in [6.07, 6.45) is 0. The Labute approximate surface area is 88.4 Å². The zero-order valence-electron chi connectivity index (χ0n) is 7.14. The fourth-order valence-electron chi connectivity index (χ4n) is 0.622. The maximum absolute atomic E-state index is 10.5. The van der Waals surface area contributed by atoms with Crippen molar-refractivity contribution in [1.82, 2.24) is 0 Å². The van der Waals surface area contributed by atoms with Crippen LogP contribution in [-0.4, -0.2) is 9.79 Å². The fraction of sp³-hybridized carbons (Fsp3) is 0. The molecule has 0 amide bonds. The maximum Gasteiger partial charge on any atom is 1.00 e. The van der Waals surface area contributed by atoms with Crippen molar-refractivity contribution >= 4 is 12.9 Å². The Hall–Kier alpha value is 0.370. The van der Waals surface area contributed by atoms with Crippen LogP contribution in [0.3, 0.4) is 0 Å². The van der Waals surface area contributed by atoms with Crippen LogP contribution in [0.1, 0.15) is 1.43 Å². The molecule has 0 saturated heterocycles. The Balaban J connectivity index is 0. The van der Waals surface area contributed by atoms with Crippen LogP contribution in [0.4, 0.5) is 0 Å². The SMILES string of the molecule is O=P(O)(O)c1ccccc1.[H-].[Na+]. The van der Waals surface area contributed by atoms with Crippen LogP contribution in [0.5, 0.6) is 0 Å². The predicted octanol–water partition coefficient (Wildman–Crippen LogP) is -2.39. The van der Waals surface area contributed by atoms with Crippen molar-refractivity contribution in [3.8, 4) is 0 Å². The minimum Gasteiger partial charge on any atom is -1.00 e. The molecule has 0 heterocycles. The molecular formula is C6H8NaO3P. The minimum absolute atomic E-state index is 0. The van der Waals surface area contributed by atoms with Crippen molar-refractivity contribution in [2.45, 2.75) is 0 Å². The number of hydrogen-bond donors (Lipinski definition) is 2. The van der Waals surface area contributed by atoms with Crippen LogP contribution in [0, 0.1) is 0 Å². The van der Waals surface area contributed by atoms with Gasteiger partial charge in [0.15, 0.2) is 0 Å². The minimum atomic E-state index is -4.02. The molecule has 0 atom stereocenters. The third-order valence-corrected chi connectivity index (χ3v) is 2.06. The van der Waals surface area contributed by atoms with E-state index in [0.29, 0.717) is 0 Å². The molecule has 11 heavy (non-hydrogen) atoms. The van der Waals surface area contributed by atoms with E-state index < -0.39 is 7.60 Å². The van der Waals surface area contributed by atoms with Gasteiger partial charge in [-0.3, -0.25) is 4.57 Å². The van der Waals surface area contributed by atoms with E-state index in [1.165, 1.54) is 12.1 Å². The molecule has 0 aliphatic heterocycles. The van der Waals surface area contributed by atoms with Crippen LogP contribution in [0.15, 0.2) is 30.3 Å². The molecule has 1 aromatic rings. The maximum atomic E-state index is 10.5. The van der Waals surface area contributed by atoms with Crippen LogP contribution in [0.2, 0.25) is 0 Å². The average Bonchev–Trinajstić information content (AvgIpc) is 1.88. The summed E-state index contributed by atoms with van der Waals surface area (Å²) in [5.41, 5.74) is 0. The second-order valence-corrected chi connectivity index (χ2v) is 3.48. The molecule has 56 valence electrons. The molecule has 0 aliphatic carbocycles. The smallest absolute Gasteiger partial charge is 1.00 e. The van der Waals surface area contributed by atoms with Crippen LogP contribution in [0.25, 0.3) is 0 Å². The van der Waals surface area contributed by atoms with Crippen molar-refractivity contribution in [1.29, 1.82) is 0 Å². The second kappa shape index (κ2) is 4.41. The zero-order valence-corrected chi connectivity index (χ0v) is 9.03. The largest absolute Gasteiger partial charge is 1.00 e. The van der Waals surface area contributed by atoms with Gasteiger partial charge in [0.05, 0.1) is 5.30 Å². The summed E-state index contributed by atoms with van der Waals surface area (Å²) in [6, 6.07) is 7.70. The van der Waals surface area contributed by atoms with Crippen molar-refractivity contribution in [2.24, 2.45) is 0 Å². The van der Waals surface area contributed by atoms with E-state index in [0.717, 1.165) is 0 Å². The molecule has 3 nitrogen and oxygen atoms in total. The Kier molecular flexibility index (Phi) is 4.56. The molecular weight excluding hydrogens is 174 g/mol. The standard InChI is InChI=1S/C6H7O3P.Na.H/c7-10(8,9)6-4-2-1-3-5-6;;/h1-5H,(H2,7,8,9);;/q;+1;-1. The van der Waals surface area contributed by atoms with Gasteiger partial charge in [0.25, 0.3) is 0 Å². The summed E-state index contributed by atoms with van der Waals surface area (Å²) in [4.78, 5) is 17.2. The number of benzene rings is 1. The normalized spacial score (nSPS) is 10.4. The topological polar surface area (TPSA) is 57.5 Å². The third-order valence-electron chi connectivity index (χ3n) is 1.09. The molecule has 1 rings (SSSR count). The van der Waals surface area contributed by atoms with E-state index in [9.17, 15) is 4.57 Å². The van der Waals surface area contributed by atoms with E-state index in [-0.39, 0.29) is 36.3 Å². The fourth-order valence-corrected chi connectivity index (χ4v) is 1.18. The van der Waals surface area contributed by atoms with Gasteiger partial charge < -0.3 is 11.2 Å². The van der Waals surface area contributed by atoms with Crippen LogP contribution < -0.4 is 34.9 Å². The van der Waals surface area contributed by atoms with Crippen molar-refractivity contribution < 1.29 is 45.3 Å². The first-order valence-corrected chi connectivity index (χ1v) is 4.33. The van der Waals surface area contributed by atoms with E-state index in [4.69, 9.17) is 9.79 Å². The van der Waals surface area contributed by atoms with Crippen LogP contribution >= 0.6 is 7.60 Å². The summed E-state index contributed by atoms with van der Waals surface area (Å²) >= 11 is 0. The Morgan fingerprint density at radius 2 is 1.64 bits per heavy atom. The van der Waals surface area contributed by atoms with Gasteiger partial charge in [-0.1, -0.05) is 18.2 Å². The Morgan fingerprint density at radius 1 is 1.18 bits per heavy atom. The van der Waals surface area contributed by atoms with E-state index in [1.54, 1.807) is 18.2 Å². The molecule has 1 aromatic carbocycles. The van der Waals surface area contributed by atoms with Gasteiger partial charge >= 0.3 is 37.2 Å². The molecule has 0 unspecified atom stereocenters. The molecule has 2 N–H and O–H groups in total. The summed E-state index contributed by atoms with van der Waals surface area (Å²) in [5.74, 6) is 0. The zero-order chi connectivity index (χ0) is 7.61. The second-order valence-electron chi connectivity index (χ2n) is 1.88. The molecule has 0 spiro atoms. The third kappa shape index (κ3) is 3.52. The molecule has 0 aromatic heterocycles. The molecule has 5 heteroatoms. The van der Waals surface area contributed by atoms with Gasteiger partial charge in [0, 0.05) is 0 Å². The molecule has 0 saturated carbocycles. The van der Waals surface area contributed by atoms with Crippen molar-refractivity contribution in [3.63, 3.8) is 0 Å². The molecule has 0 aliphatic rings. The van der Waals surface area contributed by atoms with E-state index >= 15 is 0 Å². The van der Waals surface area contributed by atoms with Crippen LogP contribution in [-0.2, 0) is 4.57 Å². The van der Waals surface area contributed by atoms with Crippen molar-refractivity contribution in [3.05, 3.63) is 30.3 Å². The summed E-state index contributed by atoms with van der Waals surface area (Å²) in [7, 11) is -4.02. The first kappa shape index (κ1) is 11.4. The summed E-state index contributed by atoms with van der Waals surface area (Å²) < 4.78 is 10.5. The van der Waals surface area contributed by atoms with Gasteiger partial charge in [0.1, 0.15) is 0 Å². The first-order valence-electron chi connectivity index (χ1n) is 2.72. The van der Waals surface area contributed by atoms with Gasteiger partial charge in [-0.05, 0) is 12.1 Å². The van der Waals surface area contributed by atoms with Gasteiger partial charge in [-0.15, -0.1) is 0 Å². The Morgan fingerprint density at radius 3 is 1.91 bits per heavy atom. The van der Waals surface area contributed by atoms with Gasteiger partial charge in [-0.25, -0.2) is 0 Å². The monoisotopic (exact) mass is 182 g/mol. The van der Waals surface area contributed by atoms with E-state index in [1.807, 2.05) is 0 Å². The molecule has 0 fully saturated rings. The van der Waals surface area contributed by atoms with Gasteiger partial charge in [-0.2, -0.15) is 0 Å². The predicted molar refractivity (Wildman–Crippen MR) is 39.2 cm³/mol. The number of hydrogen-bond acceptors (Lipinski definition) is 1. The van der Waals surface area contributed by atoms with Gasteiger partial charge in [0.2, 0.25) is 0 Å². The first-order chi connectivity index (χ1) is 4.61.